The highest BCUT2D eigenvalue weighted by Crippen LogP contribution is 2.34. The third-order valence-electron chi connectivity index (χ3n) is 6.61. The Hall–Kier alpha value is -2.82. The molecule has 0 spiro atoms. The SMILES string of the molecule is CCC(Oc1cccc(OCc2ccccc2)c1)C1CNCCC1(O)Cc1ccc(C)cc1. The van der Waals surface area contributed by atoms with E-state index < -0.39 is 5.60 Å². The van der Waals surface area contributed by atoms with Crippen LogP contribution < -0.4 is 14.8 Å². The number of piperidine rings is 1. The highest BCUT2D eigenvalue weighted by Gasteiger charge is 2.43. The summed E-state index contributed by atoms with van der Waals surface area (Å²) < 4.78 is 12.4. The van der Waals surface area contributed by atoms with Crippen LogP contribution in [0.5, 0.6) is 11.5 Å². The fraction of sp³-hybridized carbons (Fsp3) is 0.379. The zero-order valence-corrected chi connectivity index (χ0v) is 19.7. The second-order valence-electron chi connectivity index (χ2n) is 9.14. The maximum Gasteiger partial charge on any atom is 0.123 e. The van der Waals surface area contributed by atoms with Crippen molar-refractivity contribution in [2.45, 2.75) is 51.4 Å². The summed E-state index contributed by atoms with van der Waals surface area (Å²) in [5.41, 5.74) is 2.73. The Bertz CT molecular complexity index is 1000. The van der Waals surface area contributed by atoms with Gasteiger partial charge in [-0.1, -0.05) is 73.2 Å². The van der Waals surface area contributed by atoms with E-state index >= 15 is 0 Å². The molecule has 0 radical (unpaired) electrons. The van der Waals surface area contributed by atoms with E-state index in [1.807, 2.05) is 42.5 Å². The highest BCUT2D eigenvalue weighted by atomic mass is 16.5. The lowest BCUT2D eigenvalue weighted by Gasteiger charge is -2.44. The number of benzene rings is 3. The molecule has 0 saturated carbocycles. The Kier molecular flexibility index (Phi) is 7.69. The first-order valence-corrected chi connectivity index (χ1v) is 12.0. The van der Waals surface area contributed by atoms with Gasteiger partial charge < -0.3 is 19.9 Å². The van der Waals surface area contributed by atoms with Crippen molar-refractivity contribution in [1.29, 1.82) is 0 Å². The van der Waals surface area contributed by atoms with Crippen LogP contribution in [-0.2, 0) is 13.0 Å². The molecule has 3 aromatic rings. The fourth-order valence-electron chi connectivity index (χ4n) is 4.70. The maximum atomic E-state index is 11.8. The van der Waals surface area contributed by atoms with Crippen LogP contribution in [0.15, 0.2) is 78.9 Å². The van der Waals surface area contributed by atoms with Gasteiger partial charge in [0.05, 0.1) is 5.60 Å². The molecule has 1 saturated heterocycles. The zero-order valence-electron chi connectivity index (χ0n) is 19.7. The Balaban J connectivity index is 1.46. The molecule has 1 aliphatic heterocycles. The maximum absolute atomic E-state index is 11.8. The molecule has 3 atom stereocenters. The smallest absolute Gasteiger partial charge is 0.123 e. The van der Waals surface area contributed by atoms with Gasteiger partial charge in [-0.25, -0.2) is 0 Å². The van der Waals surface area contributed by atoms with Crippen LogP contribution in [0.4, 0.5) is 0 Å². The molecular formula is C29H35NO3. The summed E-state index contributed by atoms with van der Waals surface area (Å²) in [5.74, 6) is 1.55. The number of ether oxygens (including phenoxy) is 2. The fourth-order valence-corrected chi connectivity index (χ4v) is 4.70. The van der Waals surface area contributed by atoms with Crippen LogP contribution in [0.25, 0.3) is 0 Å². The van der Waals surface area contributed by atoms with Gasteiger partial charge in [-0.05, 0) is 49.6 Å². The van der Waals surface area contributed by atoms with Crippen molar-refractivity contribution >= 4 is 0 Å². The number of nitrogens with one attached hydrogen (secondary N) is 1. The van der Waals surface area contributed by atoms with E-state index in [1.54, 1.807) is 0 Å². The molecule has 2 N–H and O–H groups in total. The number of aryl methyl sites for hydroxylation is 1. The van der Waals surface area contributed by atoms with Crippen molar-refractivity contribution in [3.05, 3.63) is 95.6 Å². The predicted octanol–water partition coefficient (Wildman–Crippen LogP) is 5.31. The lowest BCUT2D eigenvalue weighted by molar-refractivity contribution is -0.0821. The molecule has 3 unspecified atom stereocenters. The minimum atomic E-state index is -0.803. The Morgan fingerprint density at radius 1 is 0.970 bits per heavy atom. The predicted molar refractivity (Wildman–Crippen MR) is 133 cm³/mol. The monoisotopic (exact) mass is 445 g/mol. The number of hydrogen-bond donors (Lipinski definition) is 2. The van der Waals surface area contributed by atoms with E-state index in [0.717, 1.165) is 36.6 Å². The molecule has 4 rings (SSSR count). The van der Waals surface area contributed by atoms with Gasteiger partial charge in [0.2, 0.25) is 0 Å². The Morgan fingerprint density at radius 3 is 2.48 bits per heavy atom. The summed E-state index contributed by atoms with van der Waals surface area (Å²) >= 11 is 0. The first kappa shape index (κ1) is 23.3. The third kappa shape index (κ3) is 6.16. The minimum absolute atomic E-state index is 0.00792. The topological polar surface area (TPSA) is 50.7 Å². The second kappa shape index (κ2) is 10.9. The summed E-state index contributed by atoms with van der Waals surface area (Å²) in [6, 6.07) is 26.4. The van der Waals surface area contributed by atoms with Gasteiger partial charge in [0.15, 0.2) is 0 Å². The van der Waals surface area contributed by atoms with E-state index in [0.29, 0.717) is 19.4 Å². The van der Waals surface area contributed by atoms with Gasteiger partial charge in [0, 0.05) is 24.9 Å². The summed E-state index contributed by atoms with van der Waals surface area (Å²) in [4.78, 5) is 0. The molecule has 1 aliphatic rings. The molecular weight excluding hydrogens is 410 g/mol. The Morgan fingerprint density at radius 2 is 1.73 bits per heavy atom. The molecule has 1 heterocycles. The van der Waals surface area contributed by atoms with Crippen molar-refractivity contribution in [3.63, 3.8) is 0 Å². The summed E-state index contributed by atoms with van der Waals surface area (Å²) in [5, 5.41) is 15.2. The average Bonchev–Trinajstić information content (AvgIpc) is 2.84. The normalized spacial score (nSPS) is 21.4. The standard InChI is InChI=1S/C29H35NO3/c1-3-28(27-20-30-17-16-29(27,31)19-23-14-12-22(2)13-15-23)33-26-11-7-10-25(18-26)32-21-24-8-5-4-6-9-24/h4-15,18,27-28,30-31H,3,16-17,19-21H2,1-2H3. The third-order valence-corrected chi connectivity index (χ3v) is 6.61. The Labute approximate surface area is 197 Å². The van der Waals surface area contributed by atoms with Gasteiger partial charge in [0.25, 0.3) is 0 Å². The van der Waals surface area contributed by atoms with Crippen molar-refractivity contribution in [2.75, 3.05) is 13.1 Å². The molecule has 174 valence electrons. The van der Waals surface area contributed by atoms with Crippen LogP contribution in [0, 0.1) is 12.8 Å². The molecule has 0 bridgehead atoms. The summed E-state index contributed by atoms with van der Waals surface area (Å²) in [6.07, 6.45) is 2.07. The molecule has 0 aliphatic carbocycles. The second-order valence-corrected chi connectivity index (χ2v) is 9.14. The highest BCUT2D eigenvalue weighted by molar-refractivity contribution is 5.33. The lowest BCUT2D eigenvalue weighted by Crippen LogP contribution is -2.57. The van der Waals surface area contributed by atoms with Crippen molar-refractivity contribution in [2.24, 2.45) is 5.92 Å². The largest absolute Gasteiger partial charge is 0.490 e. The van der Waals surface area contributed by atoms with Gasteiger partial charge in [0.1, 0.15) is 24.2 Å². The number of rotatable bonds is 9. The van der Waals surface area contributed by atoms with Crippen molar-refractivity contribution in [1.82, 2.24) is 5.32 Å². The van der Waals surface area contributed by atoms with Gasteiger partial charge in [-0.15, -0.1) is 0 Å². The molecule has 0 aromatic heterocycles. The molecule has 1 fully saturated rings. The summed E-state index contributed by atoms with van der Waals surface area (Å²) in [6.45, 7) is 6.29. The summed E-state index contributed by atoms with van der Waals surface area (Å²) in [7, 11) is 0. The lowest BCUT2D eigenvalue weighted by atomic mass is 9.74. The van der Waals surface area contributed by atoms with Gasteiger partial charge >= 0.3 is 0 Å². The number of aliphatic hydroxyl groups is 1. The average molecular weight is 446 g/mol. The van der Waals surface area contributed by atoms with E-state index in [2.05, 4.69) is 55.6 Å². The first-order valence-electron chi connectivity index (χ1n) is 12.0. The van der Waals surface area contributed by atoms with E-state index in [9.17, 15) is 5.11 Å². The van der Waals surface area contributed by atoms with Gasteiger partial charge in [-0.2, -0.15) is 0 Å². The van der Waals surface area contributed by atoms with E-state index in [1.165, 1.54) is 11.1 Å². The van der Waals surface area contributed by atoms with Crippen molar-refractivity contribution < 1.29 is 14.6 Å². The van der Waals surface area contributed by atoms with Crippen LogP contribution in [0.2, 0.25) is 0 Å². The quantitative estimate of drug-likeness (QED) is 0.468. The number of hydrogen-bond acceptors (Lipinski definition) is 4. The van der Waals surface area contributed by atoms with Crippen LogP contribution >= 0.6 is 0 Å². The first-order chi connectivity index (χ1) is 16.1. The van der Waals surface area contributed by atoms with Crippen LogP contribution in [0.1, 0.15) is 36.5 Å². The molecule has 3 aromatic carbocycles. The molecule has 33 heavy (non-hydrogen) atoms. The zero-order chi connectivity index (χ0) is 23.1. The van der Waals surface area contributed by atoms with E-state index in [4.69, 9.17) is 9.47 Å². The van der Waals surface area contributed by atoms with Crippen LogP contribution in [0.3, 0.4) is 0 Å². The molecule has 4 heteroatoms. The molecule has 0 amide bonds. The van der Waals surface area contributed by atoms with Gasteiger partial charge in [-0.3, -0.25) is 0 Å². The molecule has 4 nitrogen and oxygen atoms in total. The van der Waals surface area contributed by atoms with Crippen molar-refractivity contribution in [3.8, 4) is 11.5 Å². The van der Waals surface area contributed by atoms with Crippen LogP contribution in [-0.4, -0.2) is 29.9 Å². The minimum Gasteiger partial charge on any atom is -0.490 e. The van der Waals surface area contributed by atoms with E-state index in [-0.39, 0.29) is 12.0 Å².